The van der Waals surface area contributed by atoms with E-state index < -0.39 is 17.8 Å². The molecule has 0 saturated carbocycles. The summed E-state index contributed by atoms with van der Waals surface area (Å²) in [5, 5.41) is 20.6. The largest absolute Gasteiger partial charge is 0.480 e. The first-order chi connectivity index (χ1) is 10.6. The van der Waals surface area contributed by atoms with E-state index in [0.717, 1.165) is 6.42 Å². The fraction of sp³-hybridized carbons (Fsp3) is 0.824. The maximum atomic E-state index is 12.4. The number of carbonyl (C=O) groups is 1. The summed E-state index contributed by atoms with van der Waals surface area (Å²) in [6, 6.07) is 0. The van der Waals surface area contributed by atoms with Gasteiger partial charge in [0.2, 0.25) is 0 Å². The van der Waals surface area contributed by atoms with E-state index in [1.807, 2.05) is 20.8 Å². The van der Waals surface area contributed by atoms with Gasteiger partial charge in [0.15, 0.2) is 0 Å². The Kier molecular flexibility index (Phi) is 6.74. The van der Waals surface area contributed by atoms with Gasteiger partial charge in [-0.05, 0) is 33.1 Å². The minimum atomic E-state index is -0.734. The molecule has 0 aromatic rings. The summed E-state index contributed by atoms with van der Waals surface area (Å²) < 4.78 is 10.8. The van der Waals surface area contributed by atoms with E-state index in [1.54, 1.807) is 20.8 Å². The van der Waals surface area contributed by atoms with Crippen LogP contribution < -0.4 is 0 Å². The van der Waals surface area contributed by atoms with Crippen LogP contribution in [0, 0.1) is 11.8 Å². The van der Waals surface area contributed by atoms with Crippen LogP contribution in [0.25, 0.3) is 0 Å². The Balaban J connectivity index is 3.06. The average Bonchev–Trinajstić information content (AvgIpc) is 2.72. The van der Waals surface area contributed by atoms with Crippen molar-refractivity contribution in [1.82, 2.24) is 4.90 Å². The average molecular weight is 329 g/mol. The van der Waals surface area contributed by atoms with Crippen LogP contribution >= 0.6 is 0 Å². The van der Waals surface area contributed by atoms with Gasteiger partial charge in [-0.1, -0.05) is 27.2 Å². The van der Waals surface area contributed by atoms with E-state index in [4.69, 9.17) is 9.47 Å². The lowest BCUT2D eigenvalue weighted by Crippen LogP contribution is -2.35. The summed E-state index contributed by atoms with van der Waals surface area (Å²) in [5.74, 6) is -0.386. The molecule has 1 rings (SSSR count). The van der Waals surface area contributed by atoms with Crippen molar-refractivity contribution < 1.29 is 24.5 Å². The van der Waals surface area contributed by atoms with Crippen molar-refractivity contribution in [2.24, 2.45) is 11.8 Å². The first-order valence-electron chi connectivity index (χ1n) is 8.31. The summed E-state index contributed by atoms with van der Waals surface area (Å²) in [7, 11) is 0. The van der Waals surface area contributed by atoms with Gasteiger partial charge < -0.3 is 19.7 Å². The normalized spacial score (nSPS) is 24.1. The topological polar surface area (TPSA) is 79.2 Å². The molecule has 23 heavy (non-hydrogen) atoms. The van der Waals surface area contributed by atoms with Gasteiger partial charge in [-0.25, -0.2) is 4.79 Å². The Labute approximate surface area is 139 Å². The minimum absolute atomic E-state index is 0.101. The molecule has 6 heteroatoms. The van der Waals surface area contributed by atoms with Crippen LogP contribution in [0.2, 0.25) is 0 Å². The number of carbonyl (C=O) groups excluding carboxylic acids is 1. The van der Waals surface area contributed by atoms with Gasteiger partial charge in [-0.2, -0.15) is 0 Å². The fourth-order valence-electron chi connectivity index (χ4n) is 2.52. The lowest BCUT2D eigenvalue weighted by molar-refractivity contribution is 0.0247. The van der Waals surface area contributed by atoms with Crippen molar-refractivity contribution in [2.45, 2.75) is 66.1 Å². The van der Waals surface area contributed by atoms with Gasteiger partial charge in [-0.3, -0.25) is 4.90 Å². The number of ether oxygens (including phenoxy) is 2. The zero-order valence-corrected chi connectivity index (χ0v) is 15.1. The molecule has 6 nitrogen and oxygen atoms in total. The predicted molar refractivity (Wildman–Crippen MR) is 87.8 cm³/mol. The third-order valence-corrected chi connectivity index (χ3v) is 3.46. The minimum Gasteiger partial charge on any atom is -0.480 e. The highest BCUT2D eigenvalue weighted by molar-refractivity contribution is 5.71. The highest BCUT2D eigenvalue weighted by atomic mass is 16.6. The Bertz CT molecular complexity index is 439. The number of likely N-dealkylation sites (tertiary alicyclic amines) is 1. The molecule has 134 valence electrons. The standard InChI is InChI=1S/C17H31NO5/c1-7-8-12-13(19)9-18(16(21)23-17(4,5)6)14(12)15(20)22-10-11(2)3/h11-13,19-20H,7-10H2,1-6H3/b15-14+/t12-,13+/m1/s1. The highest BCUT2D eigenvalue weighted by Gasteiger charge is 2.43. The summed E-state index contributed by atoms with van der Waals surface area (Å²) in [6.45, 7) is 11.7. The Morgan fingerprint density at radius 3 is 2.48 bits per heavy atom. The second-order valence-corrected chi connectivity index (χ2v) is 7.45. The monoisotopic (exact) mass is 329 g/mol. The van der Waals surface area contributed by atoms with Crippen LogP contribution in [0.1, 0.15) is 54.4 Å². The van der Waals surface area contributed by atoms with E-state index >= 15 is 0 Å². The van der Waals surface area contributed by atoms with E-state index in [2.05, 4.69) is 0 Å². The third-order valence-electron chi connectivity index (χ3n) is 3.46. The summed E-state index contributed by atoms with van der Waals surface area (Å²) in [5.41, 5.74) is -0.320. The molecule has 2 atom stereocenters. The van der Waals surface area contributed by atoms with E-state index in [1.165, 1.54) is 4.90 Å². The number of nitrogens with zero attached hydrogens (tertiary/aromatic N) is 1. The number of aliphatic hydroxyl groups excluding tert-OH is 2. The van der Waals surface area contributed by atoms with E-state index in [-0.39, 0.29) is 24.3 Å². The zero-order chi connectivity index (χ0) is 17.8. The molecule has 0 spiro atoms. The quantitative estimate of drug-likeness (QED) is 0.756. The zero-order valence-electron chi connectivity index (χ0n) is 15.1. The van der Waals surface area contributed by atoms with Crippen molar-refractivity contribution in [3.63, 3.8) is 0 Å². The number of amides is 1. The molecule has 0 bridgehead atoms. The maximum absolute atomic E-state index is 12.4. The van der Waals surface area contributed by atoms with Crippen LogP contribution in [0.3, 0.4) is 0 Å². The van der Waals surface area contributed by atoms with Gasteiger partial charge in [0.1, 0.15) is 11.3 Å². The first-order valence-corrected chi connectivity index (χ1v) is 8.31. The van der Waals surface area contributed by atoms with Crippen molar-refractivity contribution in [3.05, 3.63) is 11.6 Å². The molecule has 0 aromatic carbocycles. The summed E-state index contributed by atoms with van der Waals surface area (Å²) in [6.07, 6.45) is 0.169. The Hall–Kier alpha value is -1.43. The van der Waals surface area contributed by atoms with Crippen LogP contribution in [0.5, 0.6) is 0 Å². The number of aliphatic hydroxyl groups is 2. The van der Waals surface area contributed by atoms with Crippen LogP contribution in [-0.4, -0.2) is 46.1 Å². The molecule has 0 radical (unpaired) electrons. The molecule has 1 fully saturated rings. The smallest absolute Gasteiger partial charge is 0.414 e. The molecule has 1 aliphatic rings. The number of rotatable bonds is 5. The number of hydrogen-bond donors (Lipinski definition) is 2. The summed E-state index contributed by atoms with van der Waals surface area (Å²) >= 11 is 0. The Morgan fingerprint density at radius 2 is 2.00 bits per heavy atom. The highest BCUT2D eigenvalue weighted by Crippen LogP contribution is 2.35. The summed E-state index contributed by atoms with van der Waals surface area (Å²) in [4.78, 5) is 13.7. The molecule has 1 saturated heterocycles. The lowest BCUT2D eigenvalue weighted by atomic mass is 9.97. The number of hydrogen-bond acceptors (Lipinski definition) is 5. The van der Waals surface area contributed by atoms with Gasteiger partial charge >= 0.3 is 6.09 Å². The maximum Gasteiger partial charge on any atom is 0.414 e. The van der Waals surface area contributed by atoms with E-state index in [9.17, 15) is 15.0 Å². The molecular weight excluding hydrogens is 298 g/mol. The SMILES string of the molecule is CCC[C@H]1/C(=C(/O)OCC(C)C)N(C(=O)OC(C)(C)C)C[C@@H]1O. The van der Waals surface area contributed by atoms with Gasteiger partial charge in [-0.15, -0.1) is 0 Å². The second-order valence-electron chi connectivity index (χ2n) is 7.45. The predicted octanol–water partition coefficient (Wildman–Crippen LogP) is 3.41. The molecule has 1 aliphatic heterocycles. The first kappa shape index (κ1) is 19.6. The lowest BCUT2D eigenvalue weighted by Gasteiger charge is -2.26. The molecular formula is C17H31NO5. The van der Waals surface area contributed by atoms with Gasteiger partial charge in [0.05, 0.1) is 19.3 Å². The van der Waals surface area contributed by atoms with Crippen LogP contribution in [0.4, 0.5) is 4.79 Å². The Morgan fingerprint density at radius 1 is 1.39 bits per heavy atom. The van der Waals surface area contributed by atoms with E-state index in [0.29, 0.717) is 18.7 Å². The molecule has 0 aliphatic carbocycles. The molecule has 0 unspecified atom stereocenters. The van der Waals surface area contributed by atoms with Crippen LogP contribution in [0.15, 0.2) is 11.6 Å². The number of β-amino-alcohol motifs (C(OH)–C–C–N with tert-alkyl or cyclic N) is 1. The van der Waals surface area contributed by atoms with Gasteiger partial charge in [0.25, 0.3) is 5.95 Å². The molecule has 1 heterocycles. The molecule has 0 aromatic heterocycles. The van der Waals surface area contributed by atoms with Crippen molar-refractivity contribution in [2.75, 3.05) is 13.2 Å². The molecule has 1 amide bonds. The van der Waals surface area contributed by atoms with Gasteiger partial charge in [0, 0.05) is 5.92 Å². The van der Waals surface area contributed by atoms with Crippen molar-refractivity contribution in [1.29, 1.82) is 0 Å². The second kappa shape index (κ2) is 7.90. The third kappa shape index (κ3) is 5.61. The van der Waals surface area contributed by atoms with Crippen molar-refractivity contribution in [3.8, 4) is 0 Å². The van der Waals surface area contributed by atoms with Crippen LogP contribution in [-0.2, 0) is 9.47 Å². The molecule has 2 N–H and O–H groups in total. The fourth-order valence-corrected chi connectivity index (χ4v) is 2.52. The van der Waals surface area contributed by atoms with Crippen molar-refractivity contribution >= 4 is 6.09 Å².